The highest BCUT2D eigenvalue weighted by Gasteiger charge is 2.25. The molecule has 11 heteroatoms. The summed E-state index contributed by atoms with van der Waals surface area (Å²) < 4.78 is 12.1. The third-order valence-electron chi connectivity index (χ3n) is 5.66. The van der Waals surface area contributed by atoms with Gasteiger partial charge in [-0.1, -0.05) is 29.5 Å². The number of aromatic nitrogens is 3. The van der Waals surface area contributed by atoms with E-state index in [1.807, 2.05) is 43.3 Å². The lowest BCUT2D eigenvalue weighted by molar-refractivity contribution is 0.107. The van der Waals surface area contributed by atoms with Gasteiger partial charge < -0.3 is 20.1 Å². The summed E-state index contributed by atoms with van der Waals surface area (Å²) in [6.07, 6.45) is 3.29. The molecular weight excluding hydrogens is 524 g/mol. The van der Waals surface area contributed by atoms with E-state index >= 15 is 0 Å². The number of thiophene rings is 1. The number of pyridine rings is 1. The highest BCUT2D eigenvalue weighted by atomic mass is 35.5. The molecule has 1 aromatic carbocycles. The van der Waals surface area contributed by atoms with Gasteiger partial charge in [-0.05, 0) is 43.3 Å². The Morgan fingerprint density at radius 3 is 2.97 bits per heavy atom. The first kappa shape index (κ1) is 25.7. The molecule has 0 aliphatic carbocycles. The van der Waals surface area contributed by atoms with Crippen LogP contribution in [0.15, 0.2) is 55.0 Å². The molecule has 0 unspecified atom stereocenters. The maximum atomic E-state index is 11.6. The number of rotatable bonds is 7. The molecule has 3 N–H and O–H groups in total. The van der Waals surface area contributed by atoms with Crippen molar-refractivity contribution in [2.75, 3.05) is 18.4 Å². The van der Waals surface area contributed by atoms with Crippen LogP contribution in [0.2, 0.25) is 5.02 Å². The zero-order chi connectivity index (χ0) is 26.3. The van der Waals surface area contributed by atoms with Gasteiger partial charge >= 0.3 is 6.09 Å². The number of nitrogens with one attached hydrogen (secondary N) is 3. The molecule has 1 saturated heterocycles. The molecule has 38 heavy (non-hydrogen) atoms. The lowest BCUT2D eigenvalue weighted by Crippen LogP contribution is -2.29. The van der Waals surface area contributed by atoms with Gasteiger partial charge in [0.15, 0.2) is 5.82 Å². The minimum Gasteiger partial charge on any atom is -0.486 e. The van der Waals surface area contributed by atoms with Gasteiger partial charge in [0, 0.05) is 31.4 Å². The smallest absolute Gasteiger partial charge is 0.407 e. The van der Waals surface area contributed by atoms with Crippen LogP contribution in [-0.2, 0) is 11.3 Å². The number of hydrogen-bond donors (Lipinski definition) is 3. The van der Waals surface area contributed by atoms with Crippen molar-refractivity contribution in [3.63, 3.8) is 0 Å². The molecule has 1 fully saturated rings. The number of hydrogen-bond acceptors (Lipinski definition) is 9. The summed E-state index contributed by atoms with van der Waals surface area (Å²) >= 11 is 7.98. The third-order valence-corrected chi connectivity index (χ3v) is 7.00. The van der Waals surface area contributed by atoms with Crippen molar-refractivity contribution >= 4 is 50.8 Å². The topological polar surface area (TPSA) is 110 Å². The first-order valence-corrected chi connectivity index (χ1v) is 13.3. The maximum Gasteiger partial charge on any atom is 0.407 e. The number of benzene rings is 1. The fraction of sp³-hybridized carbons (Fsp3) is 0.259. The van der Waals surface area contributed by atoms with Crippen molar-refractivity contribution < 1.29 is 14.3 Å². The molecule has 1 aliphatic heterocycles. The molecule has 9 nitrogen and oxygen atoms in total. The number of alkyl carbamates (subject to hydrolysis) is 1. The Hall–Kier alpha value is -3.91. The van der Waals surface area contributed by atoms with Gasteiger partial charge in [-0.2, -0.15) is 0 Å². The molecule has 1 amide bonds. The summed E-state index contributed by atoms with van der Waals surface area (Å²) in [6, 6.07) is 13.1. The van der Waals surface area contributed by atoms with Crippen LogP contribution in [0.1, 0.15) is 23.9 Å². The zero-order valence-electron chi connectivity index (χ0n) is 20.5. The molecule has 0 bridgehead atoms. The van der Waals surface area contributed by atoms with Gasteiger partial charge in [-0.25, -0.2) is 14.8 Å². The second-order valence-electron chi connectivity index (χ2n) is 8.45. The molecule has 0 saturated carbocycles. The lowest BCUT2D eigenvalue weighted by Gasteiger charge is -2.11. The molecule has 3 aromatic heterocycles. The van der Waals surface area contributed by atoms with Crippen LogP contribution < -0.4 is 20.7 Å². The molecular formula is C27H25ClN6O3S. The highest BCUT2D eigenvalue weighted by molar-refractivity contribution is 7.20. The van der Waals surface area contributed by atoms with Gasteiger partial charge in [-0.15, -0.1) is 11.3 Å². The van der Waals surface area contributed by atoms with E-state index in [9.17, 15) is 4.79 Å². The third kappa shape index (κ3) is 6.50. The summed E-state index contributed by atoms with van der Waals surface area (Å²) in [5.41, 5.74) is 2.39. The molecule has 194 valence electrons. The second-order valence-corrected chi connectivity index (χ2v) is 9.91. The number of amides is 1. The average Bonchev–Trinajstić information content (AvgIpc) is 3.55. The van der Waals surface area contributed by atoms with Crippen molar-refractivity contribution in [3.05, 3.63) is 70.6 Å². The van der Waals surface area contributed by atoms with Crippen LogP contribution in [0.3, 0.4) is 0 Å². The zero-order valence-corrected chi connectivity index (χ0v) is 22.1. The van der Waals surface area contributed by atoms with Gasteiger partial charge in [0.25, 0.3) is 0 Å². The Morgan fingerprint density at radius 1 is 1.24 bits per heavy atom. The molecule has 4 aromatic rings. The van der Waals surface area contributed by atoms with E-state index in [2.05, 4.69) is 42.7 Å². The SMILES string of the molecule is CCNC(=O)O[C@@H]1CN[C@H](C#Cc2cc3ncnc(Nc4ccc(OCc5ccccn5)c(Cl)c4)c3s2)C1. The van der Waals surface area contributed by atoms with Gasteiger partial charge in [-0.3, -0.25) is 10.3 Å². The number of nitrogens with zero attached hydrogens (tertiary/aromatic N) is 3. The van der Waals surface area contributed by atoms with Crippen molar-refractivity contribution in [2.45, 2.75) is 32.1 Å². The van der Waals surface area contributed by atoms with Crippen molar-refractivity contribution in [3.8, 4) is 17.6 Å². The van der Waals surface area contributed by atoms with E-state index in [1.165, 1.54) is 17.7 Å². The van der Waals surface area contributed by atoms with E-state index in [0.29, 0.717) is 42.7 Å². The summed E-state index contributed by atoms with van der Waals surface area (Å²) in [7, 11) is 0. The van der Waals surface area contributed by atoms with E-state index in [0.717, 1.165) is 26.5 Å². The number of carbonyl (C=O) groups is 1. The number of carbonyl (C=O) groups excluding carboxylic acids is 1. The monoisotopic (exact) mass is 548 g/mol. The van der Waals surface area contributed by atoms with Crippen molar-refractivity contribution in [2.24, 2.45) is 0 Å². The maximum absolute atomic E-state index is 11.6. The number of halogens is 1. The Bertz CT molecular complexity index is 1490. The van der Waals surface area contributed by atoms with Crippen LogP contribution in [0.25, 0.3) is 10.2 Å². The lowest BCUT2D eigenvalue weighted by atomic mass is 10.2. The molecule has 0 radical (unpaired) electrons. The number of ether oxygens (including phenoxy) is 2. The Morgan fingerprint density at radius 2 is 2.16 bits per heavy atom. The minimum atomic E-state index is -0.399. The predicted octanol–water partition coefficient (Wildman–Crippen LogP) is 4.89. The van der Waals surface area contributed by atoms with Gasteiger partial charge in [0.1, 0.15) is 24.8 Å². The predicted molar refractivity (Wildman–Crippen MR) is 148 cm³/mol. The van der Waals surface area contributed by atoms with Crippen LogP contribution in [0, 0.1) is 11.8 Å². The normalized spacial score (nSPS) is 16.5. The first-order chi connectivity index (χ1) is 18.6. The number of fused-ring (bicyclic) bond motifs is 1. The summed E-state index contributed by atoms with van der Waals surface area (Å²) in [6.45, 7) is 3.30. The van der Waals surface area contributed by atoms with Gasteiger partial charge in [0.2, 0.25) is 0 Å². The molecule has 0 spiro atoms. The molecule has 4 heterocycles. The Kier molecular flexibility index (Phi) is 8.19. The highest BCUT2D eigenvalue weighted by Crippen LogP contribution is 2.33. The fourth-order valence-electron chi connectivity index (χ4n) is 3.87. The second kappa shape index (κ2) is 12.1. The summed E-state index contributed by atoms with van der Waals surface area (Å²) in [4.78, 5) is 25.6. The Labute approximate surface area is 229 Å². The fourth-order valence-corrected chi connectivity index (χ4v) is 5.02. The van der Waals surface area contributed by atoms with E-state index in [4.69, 9.17) is 21.1 Å². The molecule has 5 rings (SSSR count). The van der Waals surface area contributed by atoms with E-state index in [-0.39, 0.29) is 12.1 Å². The Balaban J connectivity index is 1.24. The molecule has 1 aliphatic rings. The quantitative estimate of drug-likeness (QED) is 0.280. The minimum absolute atomic E-state index is 0.0520. The average molecular weight is 549 g/mol. The standard InChI is InChI=1S/C27H25ClN6O3S/c1-2-29-27(35)37-20-11-17(31-14-20)6-8-21-13-23-25(38-21)26(33-16-32-23)34-18-7-9-24(22(28)12-18)36-15-19-5-3-4-10-30-19/h3-5,7,9-10,12-13,16-17,20,31H,2,11,14-15H2,1H3,(H,29,35)(H,32,33,34)/t17-,20+/m1/s1. The van der Waals surface area contributed by atoms with Crippen LogP contribution in [-0.4, -0.2) is 46.3 Å². The van der Waals surface area contributed by atoms with Gasteiger partial charge in [0.05, 0.1) is 31.9 Å². The van der Waals surface area contributed by atoms with E-state index in [1.54, 1.807) is 12.3 Å². The van der Waals surface area contributed by atoms with Crippen LogP contribution in [0.4, 0.5) is 16.3 Å². The van der Waals surface area contributed by atoms with Crippen LogP contribution in [0.5, 0.6) is 5.75 Å². The van der Waals surface area contributed by atoms with Crippen molar-refractivity contribution in [1.29, 1.82) is 0 Å². The van der Waals surface area contributed by atoms with E-state index < -0.39 is 6.09 Å². The van der Waals surface area contributed by atoms with Crippen LogP contribution >= 0.6 is 22.9 Å². The first-order valence-electron chi connectivity index (χ1n) is 12.1. The largest absolute Gasteiger partial charge is 0.486 e. The van der Waals surface area contributed by atoms with Crippen molar-refractivity contribution in [1.82, 2.24) is 25.6 Å². The molecule has 2 atom stereocenters. The summed E-state index contributed by atoms with van der Waals surface area (Å²) in [5, 5.41) is 9.74. The number of anilines is 2. The summed E-state index contributed by atoms with van der Waals surface area (Å²) in [5.74, 6) is 7.70.